The molecule has 0 bridgehead atoms. The number of rotatable bonds is 3. The lowest BCUT2D eigenvalue weighted by atomic mass is 9.75. The number of benzene rings is 1. The predicted molar refractivity (Wildman–Crippen MR) is 95.7 cm³/mol. The molecular formula is C20H31NO3. The molecule has 3 rings (SSSR count). The van der Waals surface area contributed by atoms with Gasteiger partial charge in [0.25, 0.3) is 0 Å². The van der Waals surface area contributed by atoms with E-state index in [1.807, 2.05) is 0 Å². The molecular weight excluding hydrogens is 302 g/mol. The number of piperidine rings is 1. The number of fused-ring (bicyclic) bond motifs is 3. The van der Waals surface area contributed by atoms with Crippen LogP contribution in [0, 0.1) is 11.3 Å². The molecule has 0 spiro atoms. The summed E-state index contributed by atoms with van der Waals surface area (Å²) in [4.78, 5) is 1.69. The van der Waals surface area contributed by atoms with Crippen LogP contribution in [0.3, 0.4) is 0 Å². The van der Waals surface area contributed by atoms with E-state index in [1.54, 1.807) is 17.0 Å². The molecule has 1 aromatic carbocycles. The number of nitrogens with zero attached hydrogens (tertiary/aromatic N) is 1. The highest BCUT2D eigenvalue weighted by atomic mass is 16.5. The number of aliphatic hydroxyl groups excluding tert-OH is 1. The van der Waals surface area contributed by atoms with E-state index < -0.39 is 43.5 Å². The molecule has 4 nitrogen and oxygen atoms in total. The number of hydrogen-bond donors (Lipinski definition) is 1. The van der Waals surface area contributed by atoms with E-state index in [2.05, 4.69) is 0 Å². The van der Waals surface area contributed by atoms with Gasteiger partial charge in [0.05, 0.1) is 21.7 Å². The van der Waals surface area contributed by atoms with Gasteiger partial charge in [0.15, 0.2) is 11.5 Å². The maximum absolute atomic E-state index is 11.0. The Labute approximate surface area is 158 Å². The summed E-state index contributed by atoms with van der Waals surface area (Å²) in [5.74, 6) is -0.373. The second-order valence-electron chi connectivity index (χ2n) is 6.65. The molecule has 24 heavy (non-hydrogen) atoms. The van der Waals surface area contributed by atoms with Crippen LogP contribution >= 0.6 is 0 Å². The van der Waals surface area contributed by atoms with Crippen LogP contribution in [-0.4, -0.2) is 43.4 Å². The summed E-state index contributed by atoms with van der Waals surface area (Å²) < 4.78 is 84.5. The fourth-order valence-corrected chi connectivity index (χ4v) is 3.61. The normalized spacial score (nSPS) is 37.6. The van der Waals surface area contributed by atoms with Gasteiger partial charge < -0.3 is 14.6 Å². The second kappa shape index (κ2) is 6.57. The lowest BCUT2D eigenvalue weighted by Crippen LogP contribution is -2.48. The van der Waals surface area contributed by atoms with Crippen molar-refractivity contribution in [2.24, 2.45) is 11.3 Å². The van der Waals surface area contributed by atoms with Gasteiger partial charge in [0.2, 0.25) is 0 Å². The topological polar surface area (TPSA) is 41.9 Å². The summed E-state index contributed by atoms with van der Waals surface area (Å²) in [5.41, 5.74) is -1.27. The Hall–Kier alpha value is -1.26. The molecule has 1 saturated heterocycles. The zero-order chi connectivity index (χ0) is 25.2. The fourth-order valence-electron chi connectivity index (χ4n) is 3.61. The van der Waals surface area contributed by atoms with Crippen molar-refractivity contribution in [2.75, 3.05) is 27.3 Å². The molecule has 2 aliphatic heterocycles. The van der Waals surface area contributed by atoms with Gasteiger partial charge in [-0.05, 0) is 53.8 Å². The average Bonchev–Trinajstić information content (AvgIpc) is 2.69. The molecule has 2 heterocycles. The summed E-state index contributed by atoms with van der Waals surface area (Å²) in [5, 5.41) is 11.0. The van der Waals surface area contributed by atoms with E-state index in [4.69, 9.17) is 20.4 Å². The summed E-state index contributed by atoms with van der Waals surface area (Å²) in [7, 11) is 2.99. The Morgan fingerprint density at radius 1 is 1.38 bits per heavy atom. The van der Waals surface area contributed by atoms with Gasteiger partial charge in [-0.2, -0.15) is 0 Å². The molecule has 3 atom stereocenters. The van der Waals surface area contributed by atoms with E-state index >= 15 is 0 Å². The van der Waals surface area contributed by atoms with Gasteiger partial charge >= 0.3 is 0 Å². The molecule has 0 aromatic heterocycles. The SMILES string of the molecule is [2H]C12CC(O)C(C([2H])([2H])C(C)(C([2H])([2H])[2H])C([2H])([2H])[2H])CN1CCc1cc(OC)c(OC)cc12. The molecule has 2 aliphatic rings. The Bertz CT molecular complexity index is 888. The van der Waals surface area contributed by atoms with Gasteiger partial charge in [-0.15, -0.1) is 0 Å². The molecule has 0 radical (unpaired) electrons. The Morgan fingerprint density at radius 3 is 2.75 bits per heavy atom. The minimum absolute atomic E-state index is 0.160. The van der Waals surface area contributed by atoms with E-state index in [-0.39, 0.29) is 13.0 Å². The summed E-state index contributed by atoms with van der Waals surface area (Å²) in [6.07, 6.45) is -3.89. The minimum Gasteiger partial charge on any atom is -0.493 e. The van der Waals surface area contributed by atoms with E-state index in [0.717, 1.165) is 12.5 Å². The third-order valence-electron chi connectivity index (χ3n) is 4.71. The maximum atomic E-state index is 11.0. The van der Waals surface area contributed by atoms with Crippen LogP contribution in [0.15, 0.2) is 12.1 Å². The maximum Gasteiger partial charge on any atom is 0.161 e. The van der Waals surface area contributed by atoms with Crippen LogP contribution in [-0.2, 0) is 6.42 Å². The monoisotopic (exact) mass is 342 g/mol. The van der Waals surface area contributed by atoms with Crippen molar-refractivity contribution < 1.29 is 26.9 Å². The highest BCUT2D eigenvalue weighted by Crippen LogP contribution is 2.44. The summed E-state index contributed by atoms with van der Waals surface area (Å²) in [6.45, 7) is -5.17. The van der Waals surface area contributed by atoms with Gasteiger partial charge in [-0.25, -0.2) is 0 Å². The number of methoxy groups -OCH3 is 2. The second-order valence-corrected chi connectivity index (χ2v) is 6.65. The lowest BCUT2D eigenvalue weighted by molar-refractivity contribution is -0.0259. The first-order valence-electron chi connectivity index (χ1n) is 12.6. The summed E-state index contributed by atoms with van der Waals surface area (Å²) in [6, 6.07) is 2.07. The largest absolute Gasteiger partial charge is 0.493 e. The molecule has 0 aliphatic carbocycles. The highest BCUT2D eigenvalue weighted by Gasteiger charge is 2.39. The molecule has 1 fully saturated rings. The standard InChI is InChI=1S/C20H31NO3/c1-20(2,3)11-14-12-21-7-6-13-8-18(23-4)19(24-5)9-15(13)16(21)10-17(14)22/h8-9,14,16-17,22H,6-7,10-12H2,1-5H3/i1D3,2D3,11D2,16D. The Kier molecular flexibility index (Phi) is 2.58. The molecule has 0 saturated carbocycles. The minimum atomic E-state index is -3.14. The summed E-state index contributed by atoms with van der Waals surface area (Å²) >= 11 is 0. The first-order valence-corrected chi connectivity index (χ1v) is 8.14. The number of ether oxygens (including phenoxy) is 2. The van der Waals surface area contributed by atoms with Crippen molar-refractivity contribution in [2.45, 2.75) is 52.0 Å². The highest BCUT2D eigenvalue weighted by molar-refractivity contribution is 5.49. The van der Waals surface area contributed by atoms with Crippen LogP contribution in [0.1, 0.15) is 62.9 Å². The third kappa shape index (κ3) is 3.40. The van der Waals surface area contributed by atoms with Gasteiger partial charge in [0.1, 0.15) is 0 Å². The Balaban J connectivity index is 2.04. The smallest absolute Gasteiger partial charge is 0.161 e. The van der Waals surface area contributed by atoms with Crippen LogP contribution in [0.25, 0.3) is 0 Å². The third-order valence-corrected chi connectivity index (χ3v) is 4.71. The van der Waals surface area contributed by atoms with Crippen LogP contribution in [0.5, 0.6) is 11.5 Å². The van der Waals surface area contributed by atoms with Crippen molar-refractivity contribution in [3.8, 4) is 11.5 Å². The average molecular weight is 343 g/mol. The first kappa shape index (κ1) is 9.44. The van der Waals surface area contributed by atoms with Crippen LogP contribution in [0.2, 0.25) is 0 Å². The first-order chi connectivity index (χ1) is 15.0. The lowest BCUT2D eigenvalue weighted by Gasteiger charge is -2.47. The molecule has 4 heteroatoms. The molecule has 134 valence electrons. The zero-order valence-corrected chi connectivity index (χ0v) is 14.3. The zero-order valence-electron chi connectivity index (χ0n) is 23.3. The van der Waals surface area contributed by atoms with E-state index in [1.165, 1.54) is 14.2 Å². The number of aliphatic hydroxyl groups is 1. The van der Waals surface area contributed by atoms with Crippen molar-refractivity contribution in [1.82, 2.24) is 4.90 Å². The van der Waals surface area contributed by atoms with Gasteiger partial charge in [0, 0.05) is 30.1 Å². The van der Waals surface area contributed by atoms with Gasteiger partial charge in [-0.3, -0.25) is 4.90 Å². The van der Waals surface area contributed by atoms with Crippen molar-refractivity contribution in [3.05, 3.63) is 23.3 Å². The molecule has 1 aromatic rings. The number of hydrogen-bond acceptors (Lipinski definition) is 4. The van der Waals surface area contributed by atoms with Crippen molar-refractivity contribution in [1.29, 1.82) is 0 Å². The van der Waals surface area contributed by atoms with Crippen LogP contribution in [0.4, 0.5) is 0 Å². The predicted octanol–water partition coefficient (Wildman–Crippen LogP) is 3.42. The van der Waals surface area contributed by atoms with E-state index in [0.29, 0.717) is 30.0 Å². The quantitative estimate of drug-likeness (QED) is 0.914. The molecule has 1 N–H and O–H groups in total. The van der Waals surface area contributed by atoms with Gasteiger partial charge in [-0.1, -0.05) is 20.6 Å². The Morgan fingerprint density at radius 2 is 2.08 bits per heavy atom. The van der Waals surface area contributed by atoms with E-state index in [9.17, 15) is 6.48 Å². The van der Waals surface area contributed by atoms with Crippen LogP contribution < -0.4 is 9.47 Å². The molecule has 0 amide bonds. The van der Waals surface area contributed by atoms with Crippen molar-refractivity contribution in [3.63, 3.8) is 0 Å². The fraction of sp³-hybridized carbons (Fsp3) is 0.700. The molecule has 3 unspecified atom stereocenters. The van der Waals surface area contributed by atoms with Crippen molar-refractivity contribution >= 4 is 0 Å².